The molecule has 0 bridgehead atoms. The zero-order chi connectivity index (χ0) is 14.4. The molecule has 1 aliphatic carbocycles. The van der Waals surface area contributed by atoms with Crippen molar-refractivity contribution in [1.82, 2.24) is 5.32 Å². The van der Waals surface area contributed by atoms with Gasteiger partial charge in [0.1, 0.15) is 5.75 Å². The first-order valence-electron chi connectivity index (χ1n) is 7.41. The Hall–Kier alpha value is -1.32. The van der Waals surface area contributed by atoms with Crippen LogP contribution in [0.3, 0.4) is 0 Å². The molecule has 3 N–H and O–H groups in total. The maximum atomic E-state index is 5.99. The fourth-order valence-corrected chi connectivity index (χ4v) is 2.67. The van der Waals surface area contributed by atoms with Gasteiger partial charge in [-0.25, -0.2) is 0 Å². The predicted octanol–water partition coefficient (Wildman–Crippen LogP) is 2.65. The minimum atomic E-state index is 0.0105. The van der Waals surface area contributed by atoms with Crippen molar-refractivity contribution in [3.8, 4) is 5.75 Å². The molecule has 20 heavy (non-hydrogen) atoms. The molecule has 2 rings (SSSR count). The summed E-state index contributed by atoms with van der Waals surface area (Å²) in [5, 5.41) is 3.72. The highest BCUT2D eigenvalue weighted by atomic mass is 16.5. The fraction of sp³-hybridized carbons (Fsp3) is 0.529. The monoisotopic (exact) mass is 274 g/mol. The summed E-state index contributed by atoms with van der Waals surface area (Å²) in [5.41, 5.74) is 7.33. The number of nitrogens with one attached hydrogen (secondary N) is 1. The Bertz CT molecular complexity index is 433. The van der Waals surface area contributed by atoms with E-state index in [0.29, 0.717) is 12.6 Å². The molecule has 0 amide bonds. The van der Waals surface area contributed by atoms with Crippen LogP contribution in [0.4, 0.5) is 0 Å². The predicted molar refractivity (Wildman–Crippen MR) is 84.1 cm³/mol. The molecule has 1 atom stereocenters. The van der Waals surface area contributed by atoms with Gasteiger partial charge in [0, 0.05) is 18.1 Å². The standard InChI is InChI=1S/C17H26N2O/c1-17(13-18,19-15-5-3-4-6-15)12-11-14-7-9-16(20-2)10-8-14/h3-4,7-10,15,19H,5-6,11-13,18H2,1-2H3. The average Bonchev–Trinajstić information content (AvgIpc) is 2.98. The third-order valence-electron chi connectivity index (χ3n) is 4.14. The van der Waals surface area contributed by atoms with E-state index in [9.17, 15) is 0 Å². The number of nitrogens with two attached hydrogens (primary N) is 1. The molecular weight excluding hydrogens is 248 g/mol. The normalized spacial score (nSPS) is 18.1. The molecule has 0 heterocycles. The molecule has 110 valence electrons. The molecule has 1 unspecified atom stereocenters. The van der Waals surface area contributed by atoms with E-state index >= 15 is 0 Å². The number of hydrogen-bond acceptors (Lipinski definition) is 3. The third kappa shape index (κ3) is 4.09. The van der Waals surface area contributed by atoms with Crippen LogP contribution in [-0.2, 0) is 6.42 Å². The van der Waals surface area contributed by atoms with Gasteiger partial charge < -0.3 is 15.8 Å². The van der Waals surface area contributed by atoms with Crippen molar-refractivity contribution in [1.29, 1.82) is 0 Å². The minimum Gasteiger partial charge on any atom is -0.497 e. The number of hydrogen-bond donors (Lipinski definition) is 2. The second-order valence-corrected chi connectivity index (χ2v) is 5.90. The van der Waals surface area contributed by atoms with Crippen molar-refractivity contribution >= 4 is 0 Å². The quantitative estimate of drug-likeness (QED) is 0.751. The number of ether oxygens (including phenoxy) is 1. The smallest absolute Gasteiger partial charge is 0.118 e. The third-order valence-corrected chi connectivity index (χ3v) is 4.14. The number of benzene rings is 1. The summed E-state index contributed by atoms with van der Waals surface area (Å²) in [4.78, 5) is 0. The fourth-order valence-electron chi connectivity index (χ4n) is 2.67. The average molecular weight is 274 g/mol. The topological polar surface area (TPSA) is 47.3 Å². The van der Waals surface area contributed by atoms with E-state index in [4.69, 9.17) is 10.5 Å². The first-order valence-corrected chi connectivity index (χ1v) is 7.41. The summed E-state index contributed by atoms with van der Waals surface area (Å²) < 4.78 is 5.19. The van der Waals surface area contributed by atoms with Gasteiger partial charge in [-0.2, -0.15) is 0 Å². The van der Waals surface area contributed by atoms with Crippen LogP contribution in [0.25, 0.3) is 0 Å². The van der Waals surface area contributed by atoms with Gasteiger partial charge in [-0.3, -0.25) is 0 Å². The largest absolute Gasteiger partial charge is 0.497 e. The van der Waals surface area contributed by atoms with Crippen molar-refractivity contribution in [2.24, 2.45) is 5.73 Å². The van der Waals surface area contributed by atoms with Gasteiger partial charge >= 0.3 is 0 Å². The molecule has 1 aromatic rings. The number of aryl methyl sites for hydroxylation is 1. The first kappa shape index (κ1) is 15.1. The van der Waals surface area contributed by atoms with Gasteiger partial charge in [-0.15, -0.1) is 0 Å². The maximum Gasteiger partial charge on any atom is 0.118 e. The lowest BCUT2D eigenvalue weighted by molar-refractivity contribution is 0.300. The molecule has 0 aromatic heterocycles. The Kier molecular flexibility index (Phi) is 5.21. The first-order chi connectivity index (χ1) is 9.65. The van der Waals surface area contributed by atoms with E-state index in [1.807, 2.05) is 12.1 Å². The van der Waals surface area contributed by atoms with E-state index < -0.39 is 0 Å². The summed E-state index contributed by atoms with van der Waals surface area (Å²) >= 11 is 0. The Labute approximate surface area is 122 Å². The zero-order valence-electron chi connectivity index (χ0n) is 12.6. The van der Waals surface area contributed by atoms with Gasteiger partial charge in [0.15, 0.2) is 0 Å². The minimum absolute atomic E-state index is 0.0105. The van der Waals surface area contributed by atoms with Gasteiger partial charge in [0.05, 0.1) is 7.11 Å². The Morgan fingerprint density at radius 3 is 2.45 bits per heavy atom. The van der Waals surface area contributed by atoms with E-state index in [1.54, 1.807) is 7.11 Å². The lowest BCUT2D eigenvalue weighted by Gasteiger charge is -2.33. The molecular formula is C17H26N2O. The summed E-state index contributed by atoms with van der Waals surface area (Å²) in [6.45, 7) is 2.90. The summed E-state index contributed by atoms with van der Waals surface area (Å²) in [5.74, 6) is 0.908. The Morgan fingerprint density at radius 1 is 1.25 bits per heavy atom. The van der Waals surface area contributed by atoms with Crippen molar-refractivity contribution in [3.63, 3.8) is 0 Å². The van der Waals surface area contributed by atoms with Crippen molar-refractivity contribution in [3.05, 3.63) is 42.0 Å². The van der Waals surface area contributed by atoms with E-state index in [1.165, 1.54) is 5.56 Å². The van der Waals surface area contributed by atoms with Gasteiger partial charge in [0.2, 0.25) is 0 Å². The van der Waals surface area contributed by atoms with Crippen LogP contribution in [0.2, 0.25) is 0 Å². The van der Waals surface area contributed by atoms with Gasteiger partial charge in [-0.05, 0) is 50.3 Å². The highest BCUT2D eigenvalue weighted by Crippen LogP contribution is 2.20. The van der Waals surface area contributed by atoms with Crippen molar-refractivity contribution < 1.29 is 4.74 Å². The summed E-state index contributed by atoms with van der Waals surface area (Å²) in [6, 6.07) is 8.85. The van der Waals surface area contributed by atoms with Crippen molar-refractivity contribution in [2.45, 2.75) is 44.2 Å². The van der Waals surface area contributed by atoms with Crippen LogP contribution in [0.1, 0.15) is 31.7 Å². The maximum absolute atomic E-state index is 5.99. The molecule has 0 radical (unpaired) electrons. The molecule has 3 nitrogen and oxygen atoms in total. The second kappa shape index (κ2) is 6.91. The second-order valence-electron chi connectivity index (χ2n) is 5.90. The van der Waals surface area contributed by atoms with E-state index in [2.05, 4.69) is 36.5 Å². The Morgan fingerprint density at radius 2 is 1.90 bits per heavy atom. The van der Waals surface area contributed by atoms with Crippen LogP contribution in [0, 0.1) is 0 Å². The molecule has 0 saturated carbocycles. The highest BCUT2D eigenvalue weighted by Gasteiger charge is 2.25. The number of rotatable bonds is 7. The summed E-state index contributed by atoms with van der Waals surface area (Å²) in [7, 11) is 1.69. The molecule has 0 spiro atoms. The van der Waals surface area contributed by atoms with Gasteiger partial charge in [-0.1, -0.05) is 24.3 Å². The Balaban J connectivity index is 1.88. The lowest BCUT2D eigenvalue weighted by Crippen LogP contribution is -2.52. The van der Waals surface area contributed by atoms with Crippen LogP contribution < -0.4 is 15.8 Å². The molecule has 0 saturated heterocycles. The van der Waals surface area contributed by atoms with E-state index in [-0.39, 0.29) is 5.54 Å². The molecule has 0 aliphatic heterocycles. The highest BCUT2D eigenvalue weighted by molar-refractivity contribution is 5.27. The molecule has 1 aliphatic rings. The molecule has 1 aromatic carbocycles. The summed E-state index contributed by atoms with van der Waals surface area (Å²) in [6.07, 6.45) is 8.82. The zero-order valence-corrected chi connectivity index (χ0v) is 12.6. The van der Waals surface area contributed by atoms with Crippen LogP contribution in [-0.4, -0.2) is 25.2 Å². The SMILES string of the molecule is COc1ccc(CCC(C)(CN)NC2CC=CC2)cc1. The van der Waals surface area contributed by atoms with Crippen LogP contribution in [0.15, 0.2) is 36.4 Å². The van der Waals surface area contributed by atoms with Crippen LogP contribution >= 0.6 is 0 Å². The van der Waals surface area contributed by atoms with Gasteiger partial charge in [0.25, 0.3) is 0 Å². The number of methoxy groups -OCH3 is 1. The van der Waals surface area contributed by atoms with Crippen molar-refractivity contribution in [2.75, 3.05) is 13.7 Å². The lowest BCUT2D eigenvalue weighted by atomic mass is 9.92. The molecule has 3 heteroatoms. The van der Waals surface area contributed by atoms with E-state index in [0.717, 1.165) is 31.4 Å². The molecule has 0 fully saturated rings. The van der Waals surface area contributed by atoms with Crippen LogP contribution in [0.5, 0.6) is 5.75 Å².